The van der Waals surface area contributed by atoms with Crippen LogP contribution in [0.1, 0.15) is 5.69 Å². The number of hydrogen-bond donors (Lipinski definition) is 0. The van der Waals surface area contributed by atoms with Crippen molar-refractivity contribution in [3.8, 4) is 11.1 Å². The summed E-state index contributed by atoms with van der Waals surface area (Å²) < 4.78 is 22.6. The molecule has 2 rings (SSSR count). The van der Waals surface area contributed by atoms with Crippen molar-refractivity contribution in [2.24, 2.45) is 0 Å². The third kappa shape index (κ3) is 2.71. The molecule has 0 unspecified atom stereocenters. The van der Waals surface area contributed by atoms with Crippen molar-refractivity contribution in [3.63, 3.8) is 0 Å². The Kier molecular flexibility index (Phi) is 2.98. The van der Waals surface area contributed by atoms with Gasteiger partial charge < -0.3 is 0 Å². The number of hydrogen-bond acceptors (Lipinski definition) is 3. The summed E-state index contributed by atoms with van der Waals surface area (Å²) in [7, 11) is -3.12. The average molecular weight is 247 g/mol. The van der Waals surface area contributed by atoms with Crippen LogP contribution in [0.5, 0.6) is 0 Å². The monoisotopic (exact) mass is 247 g/mol. The molecule has 0 aliphatic rings. The highest BCUT2D eigenvalue weighted by molar-refractivity contribution is 7.90. The van der Waals surface area contributed by atoms with Gasteiger partial charge in [-0.15, -0.1) is 0 Å². The fourth-order valence-electron chi connectivity index (χ4n) is 1.53. The van der Waals surface area contributed by atoms with Gasteiger partial charge in [0.1, 0.15) is 0 Å². The van der Waals surface area contributed by atoms with Crippen molar-refractivity contribution in [1.29, 1.82) is 0 Å². The van der Waals surface area contributed by atoms with Gasteiger partial charge in [0.25, 0.3) is 0 Å². The Hall–Kier alpha value is -1.68. The number of nitrogens with zero attached hydrogens (tertiary/aromatic N) is 1. The van der Waals surface area contributed by atoms with Crippen LogP contribution >= 0.6 is 0 Å². The minimum absolute atomic E-state index is 0.335. The third-order valence-corrected chi connectivity index (χ3v) is 3.66. The van der Waals surface area contributed by atoms with Crippen LogP contribution < -0.4 is 0 Å². The zero-order valence-corrected chi connectivity index (χ0v) is 10.5. The van der Waals surface area contributed by atoms with E-state index >= 15 is 0 Å². The first-order valence-electron chi connectivity index (χ1n) is 5.20. The molecule has 0 atom stereocenters. The zero-order chi connectivity index (χ0) is 12.5. The van der Waals surface area contributed by atoms with E-state index in [9.17, 15) is 8.42 Å². The molecule has 4 heteroatoms. The summed E-state index contributed by atoms with van der Waals surface area (Å²) in [6, 6.07) is 10.7. The van der Waals surface area contributed by atoms with Gasteiger partial charge in [-0.1, -0.05) is 18.2 Å². The third-order valence-electron chi connectivity index (χ3n) is 2.53. The second-order valence-corrected chi connectivity index (χ2v) is 6.00. The van der Waals surface area contributed by atoms with Gasteiger partial charge in [-0.2, -0.15) is 0 Å². The maximum Gasteiger partial charge on any atom is 0.175 e. The van der Waals surface area contributed by atoms with Crippen LogP contribution in [0.25, 0.3) is 11.1 Å². The normalized spacial score (nSPS) is 11.4. The number of sulfone groups is 1. The molecule has 0 bridgehead atoms. The second kappa shape index (κ2) is 4.30. The number of pyridine rings is 1. The first-order valence-corrected chi connectivity index (χ1v) is 7.09. The lowest BCUT2D eigenvalue weighted by atomic mass is 10.1. The summed E-state index contributed by atoms with van der Waals surface area (Å²) >= 11 is 0. The van der Waals surface area contributed by atoms with Crippen molar-refractivity contribution < 1.29 is 8.42 Å². The van der Waals surface area contributed by atoms with Gasteiger partial charge >= 0.3 is 0 Å². The van der Waals surface area contributed by atoms with E-state index in [2.05, 4.69) is 4.98 Å². The second-order valence-electron chi connectivity index (χ2n) is 3.98. The molecular formula is C13H13NO2S. The fraction of sp³-hybridized carbons (Fsp3) is 0.154. The number of aromatic nitrogens is 1. The minimum Gasteiger partial charge on any atom is -0.261 e. The molecule has 1 aromatic heterocycles. The molecule has 2 aromatic rings. The molecule has 0 amide bonds. The van der Waals surface area contributed by atoms with Gasteiger partial charge in [-0.05, 0) is 30.7 Å². The molecule has 0 saturated heterocycles. The van der Waals surface area contributed by atoms with E-state index in [1.54, 1.807) is 30.5 Å². The number of benzene rings is 1. The fourth-order valence-corrected chi connectivity index (χ4v) is 2.16. The molecule has 0 radical (unpaired) electrons. The summed E-state index contributed by atoms with van der Waals surface area (Å²) in [4.78, 5) is 4.54. The molecule has 0 saturated carbocycles. The van der Waals surface area contributed by atoms with Crippen LogP contribution in [-0.2, 0) is 9.84 Å². The van der Waals surface area contributed by atoms with E-state index in [4.69, 9.17) is 0 Å². The van der Waals surface area contributed by atoms with E-state index in [-0.39, 0.29) is 0 Å². The van der Waals surface area contributed by atoms with Gasteiger partial charge in [-0.3, -0.25) is 4.98 Å². The SMILES string of the molecule is Cc1ccc(-c2ccc(S(C)(=O)=O)cc2)cn1. The Bertz CT molecular complexity index is 613. The molecule has 0 aliphatic heterocycles. The standard InChI is InChI=1S/C13H13NO2S/c1-10-3-4-12(9-14-10)11-5-7-13(8-6-11)17(2,15)16/h3-9H,1-2H3. The van der Waals surface area contributed by atoms with E-state index in [0.717, 1.165) is 16.8 Å². The smallest absolute Gasteiger partial charge is 0.175 e. The van der Waals surface area contributed by atoms with Gasteiger partial charge in [0.15, 0.2) is 9.84 Å². The van der Waals surface area contributed by atoms with Gasteiger partial charge in [0, 0.05) is 23.7 Å². The van der Waals surface area contributed by atoms with Crippen LogP contribution in [0.2, 0.25) is 0 Å². The number of aryl methyl sites for hydroxylation is 1. The highest BCUT2D eigenvalue weighted by Gasteiger charge is 2.06. The summed E-state index contributed by atoms with van der Waals surface area (Å²) in [6.45, 7) is 1.93. The van der Waals surface area contributed by atoms with Crippen molar-refractivity contribution >= 4 is 9.84 Å². The quantitative estimate of drug-likeness (QED) is 0.819. The first kappa shape index (κ1) is 11.8. The topological polar surface area (TPSA) is 47.0 Å². The van der Waals surface area contributed by atoms with Crippen LogP contribution in [0.15, 0.2) is 47.5 Å². The van der Waals surface area contributed by atoms with Gasteiger partial charge in [0.05, 0.1) is 4.90 Å². The van der Waals surface area contributed by atoms with Crippen LogP contribution in [0, 0.1) is 6.92 Å². The molecule has 1 aromatic carbocycles. The first-order chi connectivity index (χ1) is 7.97. The summed E-state index contributed by atoms with van der Waals surface area (Å²) in [5.74, 6) is 0. The van der Waals surface area contributed by atoms with E-state index in [1.165, 1.54) is 6.26 Å². The van der Waals surface area contributed by atoms with Gasteiger partial charge in [-0.25, -0.2) is 8.42 Å². The molecular weight excluding hydrogens is 234 g/mol. The Balaban J connectivity index is 2.39. The summed E-state index contributed by atoms with van der Waals surface area (Å²) in [6.07, 6.45) is 2.99. The molecule has 88 valence electrons. The predicted octanol–water partition coefficient (Wildman–Crippen LogP) is 2.46. The number of rotatable bonds is 2. The Morgan fingerprint density at radius 3 is 2.00 bits per heavy atom. The molecule has 3 nitrogen and oxygen atoms in total. The average Bonchev–Trinajstić information content (AvgIpc) is 2.29. The molecule has 1 heterocycles. The van der Waals surface area contributed by atoms with E-state index in [0.29, 0.717) is 4.90 Å². The molecule has 0 aliphatic carbocycles. The van der Waals surface area contributed by atoms with Gasteiger partial charge in [0.2, 0.25) is 0 Å². The zero-order valence-electron chi connectivity index (χ0n) is 9.71. The van der Waals surface area contributed by atoms with Crippen molar-refractivity contribution in [3.05, 3.63) is 48.3 Å². The van der Waals surface area contributed by atoms with E-state index < -0.39 is 9.84 Å². The van der Waals surface area contributed by atoms with E-state index in [1.807, 2.05) is 19.1 Å². The lowest BCUT2D eigenvalue weighted by molar-refractivity contribution is 0.602. The minimum atomic E-state index is -3.12. The molecule has 0 N–H and O–H groups in total. The van der Waals surface area contributed by atoms with Crippen LogP contribution in [0.4, 0.5) is 0 Å². The maximum absolute atomic E-state index is 11.3. The Morgan fingerprint density at radius 2 is 1.53 bits per heavy atom. The van der Waals surface area contributed by atoms with Crippen molar-refractivity contribution in [2.45, 2.75) is 11.8 Å². The van der Waals surface area contributed by atoms with Crippen molar-refractivity contribution in [2.75, 3.05) is 6.26 Å². The maximum atomic E-state index is 11.3. The highest BCUT2D eigenvalue weighted by atomic mass is 32.2. The summed E-state index contributed by atoms with van der Waals surface area (Å²) in [5, 5.41) is 0. The van der Waals surface area contributed by atoms with Crippen molar-refractivity contribution in [1.82, 2.24) is 4.98 Å². The highest BCUT2D eigenvalue weighted by Crippen LogP contribution is 2.20. The summed E-state index contributed by atoms with van der Waals surface area (Å²) in [5.41, 5.74) is 2.90. The lowest BCUT2D eigenvalue weighted by Crippen LogP contribution is -1.96. The molecule has 17 heavy (non-hydrogen) atoms. The van der Waals surface area contributed by atoms with Crippen LogP contribution in [0.3, 0.4) is 0 Å². The Morgan fingerprint density at radius 1 is 0.941 bits per heavy atom. The largest absolute Gasteiger partial charge is 0.261 e. The van der Waals surface area contributed by atoms with Crippen LogP contribution in [-0.4, -0.2) is 19.7 Å². The molecule has 0 fully saturated rings. The lowest BCUT2D eigenvalue weighted by Gasteiger charge is -2.03. The Labute approximate surface area is 101 Å². The molecule has 0 spiro atoms. The predicted molar refractivity (Wildman–Crippen MR) is 67.5 cm³/mol.